The maximum atomic E-state index is 13.5. The highest BCUT2D eigenvalue weighted by Gasteiger charge is 2.13. The summed E-state index contributed by atoms with van der Waals surface area (Å²) in [6.45, 7) is 1.60. The van der Waals surface area contributed by atoms with Crippen LogP contribution in [0.1, 0.15) is 61.7 Å². The average molecular weight is 418 g/mol. The molecule has 28 heavy (non-hydrogen) atoms. The Morgan fingerprint density at radius 2 is 1.68 bits per heavy atom. The van der Waals surface area contributed by atoms with Gasteiger partial charge in [-0.15, -0.1) is 12.4 Å². The third-order valence-corrected chi connectivity index (χ3v) is 4.78. The van der Waals surface area contributed by atoms with E-state index in [1.165, 1.54) is 38.5 Å². The summed E-state index contributed by atoms with van der Waals surface area (Å²) in [7, 11) is 0. The number of carbonyl (C=O) groups excluding carboxylic acids is 2. The van der Waals surface area contributed by atoms with E-state index in [1.807, 2.05) is 0 Å². The van der Waals surface area contributed by atoms with E-state index in [2.05, 4.69) is 16.0 Å². The van der Waals surface area contributed by atoms with E-state index in [1.54, 1.807) is 0 Å². The van der Waals surface area contributed by atoms with Gasteiger partial charge in [0, 0.05) is 38.2 Å². The van der Waals surface area contributed by atoms with Gasteiger partial charge >= 0.3 is 0 Å². The maximum Gasteiger partial charge on any atom is 0.254 e. The second kappa shape index (κ2) is 13.4. The fourth-order valence-electron chi connectivity index (χ4n) is 3.27. The summed E-state index contributed by atoms with van der Waals surface area (Å²) in [4.78, 5) is 23.6. The molecule has 0 heterocycles. The molecule has 1 saturated carbocycles. The standard InChI is InChI=1S/C20H29F2N3O2.ClH/c21-15-9-10-17(18(22)14-15)20(27)25-11-5-8-19(26)24-13-12-23-16-6-3-1-2-4-7-16;/h9-10,14,16,23H,1-8,11-13H2,(H,24,26)(H,25,27);1H. The van der Waals surface area contributed by atoms with Gasteiger partial charge in [-0.3, -0.25) is 9.59 Å². The molecule has 0 unspecified atom stereocenters. The number of nitrogens with one attached hydrogen (secondary N) is 3. The number of benzene rings is 1. The topological polar surface area (TPSA) is 70.2 Å². The lowest BCUT2D eigenvalue weighted by Gasteiger charge is -2.16. The van der Waals surface area contributed by atoms with Gasteiger partial charge in [0.05, 0.1) is 5.56 Å². The summed E-state index contributed by atoms with van der Waals surface area (Å²) < 4.78 is 26.3. The molecule has 1 aromatic carbocycles. The minimum absolute atomic E-state index is 0. The van der Waals surface area contributed by atoms with Gasteiger partial charge in [0.2, 0.25) is 5.91 Å². The average Bonchev–Trinajstić information content (AvgIpc) is 2.91. The Bertz CT molecular complexity index is 623. The molecule has 2 rings (SSSR count). The molecule has 0 atom stereocenters. The lowest BCUT2D eigenvalue weighted by atomic mass is 10.1. The molecule has 5 nitrogen and oxygen atoms in total. The van der Waals surface area contributed by atoms with Gasteiger partial charge in [0.25, 0.3) is 5.91 Å². The van der Waals surface area contributed by atoms with Crippen molar-refractivity contribution in [2.24, 2.45) is 0 Å². The van der Waals surface area contributed by atoms with Gasteiger partial charge in [0.15, 0.2) is 0 Å². The monoisotopic (exact) mass is 417 g/mol. The summed E-state index contributed by atoms with van der Waals surface area (Å²) in [5, 5.41) is 8.89. The molecule has 1 aliphatic rings. The van der Waals surface area contributed by atoms with Crippen molar-refractivity contribution in [3.63, 3.8) is 0 Å². The highest BCUT2D eigenvalue weighted by Crippen LogP contribution is 2.16. The van der Waals surface area contributed by atoms with E-state index in [0.29, 0.717) is 25.1 Å². The molecule has 0 radical (unpaired) electrons. The Hall–Kier alpha value is -1.73. The maximum absolute atomic E-state index is 13.5. The zero-order valence-electron chi connectivity index (χ0n) is 16.1. The highest BCUT2D eigenvalue weighted by atomic mass is 35.5. The number of carbonyl (C=O) groups is 2. The van der Waals surface area contributed by atoms with Crippen LogP contribution in [-0.4, -0.2) is 37.5 Å². The summed E-state index contributed by atoms with van der Waals surface area (Å²) >= 11 is 0. The van der Waals surface area contributed by atoms with Crippen LogP contribution in [0.4, 0.5) is 8.78 Å². The van der Waals surface area contributed by atoms with Crippen molar-refractivity contribution in [1.29, 1.82) is 0 Å². The molecular weight excluding hydrogens is 388 g/mol. The van der Waals surface area contributed by atoms with Gasteiger partial charge in [-0.05, 0) is 31.4 Å². The first kappa shape index (κ1) is 24.3. The highest BCUT2D eigenvalue weighted by molar-refractivity contribution is 5.94. The van der Waals surface area contributed by atoms with E-state index in [0.717, 1.165) is 18.7 Å². The zero-order valence-corrected chi connectivity index (χ0v) is 16.9. The van der Waals surface area contributed by atoms with Crippen molar-refractivity contribution < 1.29 is 18.4 Å². The lowest BCUT2D eigenvalue weighted by Crippen LogP contribution is -2.37. The number of rotatable bonds is 9. The van der Waals surface area contributed by atoms with Crippen LogP contribution in [0.15, 0.2) is 18.2 Å². The molecule has 0 aromatic heterocycles. The number of amides is 2. The molecule has 8 heteroatoms. The van der Waals surface area contributed by atoms with Crippen molar-refractivity contribution >= 4 is 24.2 Å². The third-order valence-electron chi connectivity index (χ3n) is 4.78. The van der Waals surface area contributed by atoms with Gasteiger partial charge < -0.3 is 16.0 Å². The van der Waals surface area contributed by atoms with Crippen LogP contribution in [0.5, 0.6) is 0 Å². The van der Waals surface area contributed by atoms with Crippen LogP contribution >= 0.6 is 12.4 Å². The van der Waals surface area contributed by atoms with E-state index < -0.39 is 17.5 Å². The normalized spacial score (nSPS) is 14.6. The molecule has 0 aliphatic heterocycles. The van der Waals surface area contributed by atoms with Gasteiger partial charge in [-0.25, -0.2) is 8.78 Å². The Morgan fingerprint density at radius 3 is 2.36 bits per heavy atom. The molecule has 158 valence electrons. The van der Waals surface area contributed by atoms with Crippen LogP contribution in [0, 0.1) is 11.6 Å². The Balaban J connectivity index is 0.00000392. The lowest BCUT2D eigenvalue weighted by molar-refractivity contribution is -0.121. The van der Waals surface area contributed by atoms with Crippen molar-refractivity contribution in [2.45, 2.75) is 57.4 Å². The molecule has 2 amide bonds. The molecule has 1 aliphatic carbocycles. The summed E-state index contributed by atoms with van der Waals surface area (Å²) in [5.74, 6) is -2.30. The molecule has 0 saturated heterocycles. The third kappa shape index (κ3) is 8.97. The van der Waals surface area contributed by atoms with Crippen molar-refractivity contribution in [3.05, 3.63) is 35.4 Å². The van der Waals surface area contributed by atoms with Crippen molar-refractivity contribution in [3.8, 4) is 0 Å². The smallest absolute Gasteiger partial charge is 0.254 e. The van der Waals surface area contributed by atoms with E-state index in [9.17, 15) is 18.4 Å². The van der Waals surface area contributed by atoms with Crippen molar-refractivity contribution in [1.82, 2.24) is 16.0 Å². The Morgan fingerprint density at radius 1 is 0.964 bits per heavy atom. The fraction of sp³-hybridized carbons (Fsp3) is 0.600. The second-order valence-corrected chi connectivity index (χ2v) is 6.98. The molecule has 3 N–H and O–H groups in total. The summed E-state index contributed by atoms with van der Waals surface area (Å²) in [5.41, 5.74) is -0.203. The molecule has 1 aromatic rings. The minimum atomic E-state index is -0.897. The van der Waals surface area contributed by atoms with Gasteiger partial charge in [-0.2, -0.15) is 0 Å². The van der Waals surface area contributed by atoms with Crippen LogP contribution in [0.3, 0.4) is 0 Å². The first-order valence-electron chi connectivity index (χ1n) is 9.79. The van der Waals surface area contributed by atoms with Gasteiger partial charge in [-0.1, -0.05) is 25.7 Å². The minimum Gasteiger partial charge on any atom is -0.355 e. The Labute approximate surface area is 171 Å². The van der Waals surface area contributed by atoms with Crippen LogP contribution in [0.2, 0.25) is 0 Å². The van der Waals surface area contributed by atoms with Gasteiger partial charge in [0.1, 0.15) is 11.6 Å². The molecule has 1 fully saturated rings. The van der Waals surface area contributed by atoms with Crippen LogP contribution < -0.4 is 16.0 Å². The summed E-state index contributed by atoms with van der Waals surface area (Å²) in [6, 6.07) is 3.38. The predicted octanol–water partition coefficient (Wildman–Crippen LogP) is 3.33. The number of hydrogen-bond acceptors (Lipinski definition) is 3. The number of hydrogen-bond donors (Lipinski definition) is 3. The number of halogens is 3. The molecule has 0 bridgehead atoms. The second-order valence-electron chi connectivity index (χ2n) is 6.98. The van der Waals surface area contributed by atoms with E-state index >= 15 is 0 Å². The first-order valence-corrected chi connectivity index (χ1v) is 9.79. The van der Waals surface area contributed by atoms with E-state index in [-0.39, 0.29) is 36.8 Å². The fourth-order valence-corrected chi connectivity index (χ4v) is 3.27. The predicted molar refractivity (Wildman–Crippen MR) is 108 cm³/mol. The zero-order chi connectivity index (χ0) is 19.5. The van der Waals surface area contributed by atoms with E-state index in [4.69, 9.17) is 0 Å². The molecule has 0 spiro atoms. The Kier molecular flexibility index (Phi) is 11.7. The quantitative estimate of drug-likeness (QED) is 0.426. The summed E-state index contributed by atoms with van der Waals surface area (Å²) in [6.07, 6.45) is 8.35. The molecular formula is C20H30ClF2N3O2. The largest absolute Gasteiger partial charge is 0.355 e. The van der Waals surface area contributed by atoms with Crippen LogP contribution in [-0.2, 0) is 4.79 Å². The van der Waals surface area contributed by atoms with Crippen molar-refractivity contribution in [2.75, 3.05) is 19.6 Å². The SMILES string of the molecule is Cl.O=C(CCCNC(=O)c1ccc(F)cc1F)NCCNC1CCCCCC1. The first-order chi connectivity index (χ1) is 13.1. The van der Waals surface area contributed by atoms with Crippen LogP contribution in [0.25, 0.3) is 0 Å².